The lowest BCUT2D eigenvalue weighted by molar-refractivity contribution is 0.262. The summed E-state index contributed by atoms with van der Waals surface area (Å²) in [4.78, 5) is 15.4. The number of benzene rings is 1. The van der Waals surface area contributed by atoms with Gasteiger partial charge < -0.3 is 5.32 Å². The maximum absolute atomic E-state index is 12.8. The molecule has 0 aliphatic rings. The lowest BCUT2D eigenvalue weighted by Gasteiger charge is -2.04. The quantitative estimate of drug-likeness (QED) is 0.743. The Hall–Kier alpha value is -2.44. The van der Waals surface area contributed by atoms with Gasteiger partial charge in [-0.25, -0.2) is 9.18 Å². The van der Waals surface area contributed by atoms with Gasteiger partial charge in [-0.2, -0.15) is 4.98 Å². The van der Waals surface area contributed by atoms with Gasteiger partial charge in [-0.3, -0.25) is 10.4 Å². The van der Waals surface area contributed by atoms with Crippen molar-refractivity contribution in [3.8, 4) is 0 Å². The number of anilines is 2. The monoisotopic (exact) mass is 235 g/mol. The molecule has 6 nitrogen and oxygen atoms in total. The van der Waals surface area contributed by atoms with Gasteiger partial charge in [0.1, 0.15) is 11.6 Å². The van der Waals surface area contributed by atoms with Gasteiger partial charge in [-0.1, -0.05) is 6.07 Å². The summed E-state index contributed by atoms with van der Waals surface area (Å²) in [5.74, 6) is 0.332. The molecule has 0 spiro atoms. The number of hydrogen-bond donors (Lipinski definition) is 3. The van der Waals surface area contributed by atoms with Crippen LogP contribution in [-0.2, 0) is 0 Å². The van der Waals surface area contributed by atoms with Crippen LogP contribution in [0.2, 0.25) is 0 Å². The fraction of sp³-hybridized carbons (Fsp3) is 0.100. The second kappa shape index (κ2) is 4.60. The molecular formula is C10H10FN5O. The number of carbonyl (C=O) groups excluding carboxylic acids is 1. The summed E-state index contributed by atoms with van der Waals surface area (Å²) in [5, 5.41) is 11.2. The number of nitrogens with one attached hydrogen (secondary N) is 3. The standard InChI is InChI=1S/C10H10FN5O/c1-6-12-9(16-15-6)14-10(17)13-8-4-2-3-7(11)5-8/h2-5H,1H3,(H3,12,13,14,15,16,17). The summed E-state index contributed by atoms with van der Waals surface area (Å²) < 4.78 is 12.8. The third-order valence-electron chi connectivity index (χ3n) is 1.91. The topological polar surface area (TPSA) is 82.7 Å². The SMILES string of the molecule is Cc1nc(NC(=O)Nc2cccc(F)c2)n[nH]1. The van der Waals surface area contributed by atoms with Crippen molar-refractivity contribution in [2.24, 2.45) is 0 Å². The highest BCUT2D eigenvalue weighted by Gasteiger charge is 2.06. The smallest absolute Gasteiger partial charge is 0.308 e. The van der Waals surface area contributed by atoms with E-state index < -0.39 is 11.8 Å². The minimum atomic E-state index is -0.533. The molecule has 0 aliphatic carbocycles. The molecule has 17 heavy (non-hydrogen) atoms. The van der Waals surface area contributed by atoms with Crippen LogP contribution in [0.1, 0.15) is 5.82 Å². The van der Waals surface area contributed by atoms with Gasteiger partial charge in [0.25, 0.3) is 0 Å². The van der Waals surface area contributed by atoms with Crippen LogP contribution in [0.3, 0.4) is 0 Å². The number of rotatable bonds is 2. The van der Waals surface area contributed by atoms with Crippen molar-refractivity contribution in [1.29, 1.82) is 0 Å². The lowest BCUT2D eigenvalue weighted by atomic mass is 10.3. The number of halogens is 1. The minimum absolute atomic E-state index is 0.163. The highest BCUT2D eigenvalue weighted by atomic mass is 19.1. The molecule has 2 aromatic rings. The summed E-state index contributed by atoms with van der Waals surface area (Å²) in [6.07, 6.45) is 0. The Morgan fingerprint density at radius 3 is 2.88 bits per heavy atom. The van der Waals surface area contributed by atoms with Gasteiger partial charge in [0.2, 0.25) is 5.95 Å². The zero-order valence-corrected chi connectivity index (χ0v) is 8.99. The molecule has 0 atom stereocenters. The summed E-state index contributed by atoms with van der Waals surface area (Å²) in [5.41, 5.74) is 0.356. The molecule has 1 aromatic heterocycles. The first-order valence-electron chi connectivity index (χ1n) is 4.86. The predicted molar refractivity (Wildman–Crippen MR) is 60.2 cm³/mol. The third-order valence-corrected chi connectivity index (χ3v) is 1.91. The van der Waals surface area contributed by atoms with Crippen molar-refractivity contribution < 1.29 is 9.18 Å². The van der Waals surface area contributed by atoms with Crippen molar-refractivity contribution in [2.75, 3.05) is 10.6 Å². The molecule has 0 unspecified atom stereocenters. The number of hydrogen-bond acceptors (Lipinski definition) is 3. The Morgan fingerprint density at radius 2 is 2.24 bits per heavy atom. The summed E-state index contributed by atoms with van der Waals surface area (Å²) >= 11 is 0. The van der Waals surface area contributed by atoms with Crippen LogP contribution >= 0.6 is 0 Å². The van der Waals surface area contributed by atoms with Gasteiger partial charge in [0.05, 0.1) is 0 Å². The molecule has 2 rings (SSSR count). The number of amides is 2. The molecule has 0 saturated carbocycles. The number of H-pyrrole nitrogens is 1. The van der Waals surface area contributed by atoms with Crippen LogP contribution in [0.5, 0.6) is 0 Å². The number of nitrogens with zero attached hydrogens (tertiary/aromatic N) is 2. The van der Waals surface area contributed by atoms with E-state index in [2.05, 4.69) is 25.8 Å². The molecular weight excluding hydrogens is 225 g/mol. The molecule has 0 radical (unpaired) electrons. The summed E-state index contributed by atoms with van der Waals surface area (Å²) in [6, 6.07) is 5.05. The van der Waals surface area contributed by atoms with Crippen molar-refractivity contribution in [2.45, 2.75) is 6.92 Å². The van der Waals surface area contributed by atoms with Gasteiger partial charge in [0.15, 0.2) is 0 Å². The van der Waals surface area contributed by atoms with E-state index in [1.165, 1.54) is 18.2 Å². The fourth-order valence-electron chi connectivity index (χ4n) is 1.23. The van der Waals surface area contributed by atoms with Gasteiger partial charge in [-0.15, -0.1) is 5.10 Å². The third kappa shape index (κ3) is 3.00. The van der Waals surface area contributed by atoms with Crippen molar-refractivity contribution >= 4 is 17.7 Å². The highest BCUT2D eigenvalue weighted by molar-refractivity contribution is 5.98. The molecule has 0 aliphatic heterocycles. The average Bonchev–Trinajstić information content (AvgIpc) is 2.63. The maximum Gasteiger partial charge on any atom is 0.326 e. The Labute approximate surface area is 96.3 Å². The van der Waals surface area contributed by atoms with E-state index in [0.717, 1.165) is 0 Å². The Bertz CT molecular complexity index is 539. The number of aromatic amines is 1. The van der Waals surface area contributed by atoms with Gasteiger partial charge >= 0.3 is 6.03 Å². The summed E-state index contributed by atoms with van der Waals surface area (Å²) in [6.45, 7) is 1.71. The van der Waals surface area contributed by atoms with E-state index in [4.69, 9.17) is 0 Å². The fourth-order valence-corrected chi connectivity index (χ4v) is 1.23. The van der Waals surface area contributed by atoms with E-state index in [0.29, 0.717) is 11.5 Å². The number of aryl methyl sites for hydroxylation is 1. The van der Waals surface area contributed by atoms with E-state index in [9.17, 15) is 9.18 Å². The molecule has 2 amide bonds. The average molecular weight is 235 g/mol. The van der Waals surface area contributed by atoms with Gasteiger partial charge in [-0.05, 0) is 25.1 Å². The molecule has 3 N–H and O–H groups in total. The van der Waals surface area contributed by atoms with Crippen LogP contribution in [0, 0.1) is 12.7 Å². The number of urea groups is 1. The van der Waals surface area contributed by atoms with Crippen LogP contribution in [0.25, 0.3) is 0 Å². The largest absolute Gasteiger partial charge is 0.326 e. The maximum atomic E-state index is 12.8. The first-order chi connectivity index (χ1) is 8.13. The van der Waals surface area contributed by atoms with Crippen molar-refractivity contribution in [3.63, 3.8) is 0 Å². The first-order valence-corrected chi connectivity index (χ1v) is 4.86. The van der Waals surface area contributed by atoms with Gasteiger partial charge in [0, 0.05) is 5.69 Å². The Kier molecular flexibility index (Phi) is 2.99. The van der Waals surface area contributed by atoms with Crippen molar-refractivity contribution in [1.82, 2.24) is 15.2 Å². The van der Waals surface area contributed by atoms with Crippen LogP contribution in [0.15, 0.2) is 24.3 Å². The van der Waals surface area contributed by atoms with Crippen molar-refractivity contribution in [3.05, 3.63) is 35.9 Å². The number of aromatic nitrogens is 3. The van der Waals surface area contributed by atoms with Crippen LogP contribution in [0.4, 0.5) is 20.8 Å². The van der Waals surface area contributed by atoms with Crippen LogP contribution < -0.4 is 10.6 Å². The predicted octanol–water partition coefficient (Wildman–Crippen LogP) is 1.90. The lowest BCUT2D eigenvalue weighted by Crippen LogP contribution is -2.20. The number of carbonyl (C=O) groups is 1. The molecule has 1 heterocycles. The Balaban J connectivity index is 1.98. The zero-order valence-electron chi connectivity index (χ0n) is 8.99. The van der Waals surface area contributed by atoms with E-state index in [-0.39, 0.29) is 5.95 Å². The Morgan fingerprint density at radius 1 is 1.41 bits per heavy atom. The van der Waals surface area contributed by atoms with E-state index in [1.54, 1.807) is 13.0 Å². The zero-order chi connectivity index (χ0) is 12.3. The first kappa shape index (κ1) is 11.1. The molecule has 88 valence electrons. The minimum Gasteiger partial charge on any atom is -0.308 e. The van der Waals surface area contributed by atoms with Crippen LogP contribution in [-0.4, -0.2) is 21.2 Å². The molecule has 0 fully saturated rings. The molecule has 1 aromatic carbocycles. The van der Waals surface area contributed by atoms with E-state index in [1.807, 2.05) is 0 Å². The van der Waals surface area contributed by atoms with E-state index >= 15 is 0 Å². The molecule has 0 saturated heterocycles. The second-order valence-electron chi connectivity index (χ2n) is 3.33. The summed E-state index contributed by atoms with van der Waals surface area (Å²) in [7, 11) is 0. The highest BCUT2D eigenvalue weighted by Crippen LogP contribution is 2.09. The second-order valence-corrected chi connectivity index (χ2v) is 3.33. The molecule has 0 bridgehead atoms. The normalized spacial score (nSPS) is 10.0. The molecule has 7 heteroatoms.